The molecule has 0 aliphatic heterocycles. The Labute approximate surface area is 176 Å². The predicted molar refractivity (Wildman–Crippen MR) is 81.2 cm³/mol. The van der Waals surface area contributed by atoms with Gasteiger partial charge in [0.1, 0.15) is 0 Å². The number of carboxylic acid groups (broad SMARTS) is 1. The van der Waals surface area contributed by atoms with Crippen molar-refractivity contribution in [2.45, 2.75) is 64.9 Å². The minimum atomic E-state index is -0.896. The van der Waals surface area contributed by atoms with E-state index in [0.29, 0.717) is 13.0 Å². The van der Waals surface area contributed by atoms with E-state index in [4.69, 9.17) is 5.11 Å². The van der Waals surface area contributed by atoms with Gasteiger partial charge in [-0.1, -0.05) is 32.6 Å². The van der Waals surface area contributed by atoms with Crippen LogP contribution in [0, 0.1) is 0 Å². The van der Waals surface area contributed by atoms with E-state index >= 15 is 0 Å². The number of unbranched alkanes of at least 4 members (excludes halogenated alkanes) is 4. The van der Waals surface area contributed by atoms with Gasteiger partial charge in [0.15, 0.2) is 0 Å². The molecule has 0 rings (SSSR count). The molecular weight excluding hydrogens is 311 g/mol. The monoisotopic (exact) mass is 340 g/mol. The van der Waals surface area contributed by atoms with Crippen LogP contribution < -0.4 is 56.5 Å². The van der Waals surface area contributed by atoms with Crippen LogP contribution in [0.2, 0.25) is 0 Å². The quantitative estimate of drug-likeness (QED) is 0.179. The third kappa shape index (κ3) is 16.9. The van der Waals surface area contributed by atoms with Crippen LogP contribution in [0.4, 0.5) is 0 Å². The van der Waals surface area contributed by atoms with E-state index in [1.54, 1.807) is 11.8 Å². The van der Waals surface area contributed by atoms with Gasteiger partial charge < -0.3 is 15.3 Å². The molecule has 0 saturated heterocycles. The maximum atomic E-state index is 11.6. The van der Waals surface area contributed by atoms with Gasteiger partial charge in [0.05, 0.1) is 19.2 Å². The van der Waals surface area contributed by atoms with Crippen molar-refractivity contribution in [3.05, 3.63) is 0 Å². The van der Waals surface area contributed by atoms with Crippen molar-refractivity contribution in [2.24, 2.45) is 4.99 Å². The molecular formula is C15H29KN2O4. The molecule has 0 bridgehead atoms. The Morgan fingerprint density at radius 3 is 2.41 bits per heavy atom. The van der Waals surface area contributed by atoms with Gasteiger partial charge in [-0.15, -0.1) is 0 Å². The molecule has 1 unspecified atom stereocenters. The molecule has 22 heavy (non-hydrogen) atoms. The molecule has 0 fully saturated rings. The Hall–Kier alpha value is 0.496. The summed E-state index contributed by atoms with van der Waals surface area (Å²) < 4.78 is 0. The maximum absolute atomic E-state index is 11.6. The Kier molecular flexibility index (Phi) is 18.4. The van der Waals surface area contributed by atoms with Gasteiger partial charge >= 0.3 is 57.4 Å². The summed E-state index contributed by atoms with van der Waals surface area (Å²) in [4.78, 5) is 16.2. The van der Waals surface area contributed by atoms with Crippen molar-refractivity contribution in [3.8, 4) is 0 Å². The van der Waals surface area contributed by atoms with Crippen LogP contribution in [0.3, 0.4) is 0 Å². The fraction of sp³-hybridized carbons (Fsp3) is 0.867. The summed E-state index contributed by atoms with van der Waals surface area (Å²) in [5.74, 6) is -1.04. The van der Waals surface area contributed by atoms with E-state index in [9.17, 15) is 15.0 Å². The zero-order valence-electron chi connectivity index (χ0n) is 14.3. The van der Waals surface area contributed by atoms with Crippen molar-refractivity contribution in [3.63, 3.8) is 0 Å². The molecule has 7 heteroatoms. The van der Waals surface area contributed by atoms with Crippen LogP contribution >= 0.6 is 0 Å². The standard InChI is InChI=1S/C15H30N2O4.K/c1-3-4-5-6-7-8-14(19)16-12-17(11-13(2)18)10-9-15(20)21;/h13,18H,3-12H2,1-2H3,(H,16,19)(H,20,21);/q;+1/p-1. The van der Waals surface area contributed by atoms with Crippen LogP contribution in [0.5, 0.6) is 0 Å². The molecule has 0 aromatic rings. The van der Waals surface area contributed by atoms with E-state index in [2.05, 4.69) is 11.9 Å². The summed E-state index contributed by atoms with van der Waals surface area (Å²) in [5, 5.41) is 29.7. The fourth-order valence-corrected chi connectivity index (χ4v) is 1.98. The van der Waals surface area contributed by atoms with E-state index in [-0.39, 0.29) is 76.9 Å². The van der Waals surface area contributed by atoms with Crippen molar-refractivity contribution < 1.29 is 71.5 Å². The average molecular weight is 341 g/mol. The maximum Gasteiger partial charge on any atom is 1.00 e. The molecule has 0 amide bonds. The van der Waals surface area contributed by atoms with Crippen molar-refractivity contribution in [1.29, 1.82) is 0 Å². The van der Waals surface area contributed by atoms with Crippen LogP contribution in [0.1, 0.15) is 58.8 Å². The number of hydrogen-bond donors (Lipinski definition) is 2. The number of aliphatic carboxylic acids is 1. The summed E-state index contributed by atoms with van der Waals surface area (Å²) in [6.45, 7) is 4.54. The molecule has 0 aliphatic carbocycles. The Morgan fingerprint density at radius 2 is 1.86 bits per heavy atom. The first-order valence-corrected chi connectivity index (χ1v) is 7.78. The number of nitrogens with zero attached hydrogens (tertiary/aromatic N) is 2. The molecule has 0 aliphatic rings. The van der Waals surface area contributed by atoms with Crippen molar-refractivity contribution in [2.75, 3.05) is 19.8 Å². The van der Waals surface area contributed by atoms with E-state index in [1.807, 2.05) is 0 Å². The van der Waals surface area contributed by atoms with E-state index in [1.165, 1.54) is 12.8 Å². The number of carboxylic acids is 1. The van der Waals surface area contributed by atoms with Gasteiger partial charge in [0.2, 0.25) is 0 Å². The smallest absolute Gasteiger partial charge is 0.862 e. The average Bonchev–Trinajstić information content (AvgIpc) is 2.41. The zero-order chi connectivity index (χ0) is 16.1. The second-order valence-electron chi connectivity index (χ2n) is 5.43. The predicted octanol–water partition coefficient (Wildman–Crippen LogP) is -1.78. The second kappa shape index (κ2) is 16.4. The van der Waals surface area contributed by atoms with Crippen LogP contribution in [-0.4, -0.2) is 52.8 Å². The molecule has 6 nitrogen and oxygen atoms in total. The minimum Gasteiger partial charge on any atom is -0.862 e. The Balaban J connectivity index is 0. The fourth-order valence-electron chi connectivity index (χ4n) is 1.98. The SMILES string of the molecule is CCCCCCCC([O-])=NCN(CCC(=O)O)CC(C)O.[K+]. The topological polar surface area (TPSA) is 96.2 Å². The molecule has 0 spiro atoms. The molecule has 0 aromatic heterocycles. The third-order valence-corrected chi connectivity index (χ3v) is 3.11. The van der Waals surface area contributed by atoms with Gasteiger partial charge in [0, 0.05) is 13.1 Å². The first-order valence-electron chi connectivity index (χ1n) is 7.78. The number of aliphatic imine (C=N–C) groups is 1. The van der Waals surface area contributed by atoms with Gasteiger partial charge in [-0.2, -0.15) is 0 Å². The van der Waals surface area contributed by atoms with Gasteiger partial charge in [-0.05, 0) is 25.7 Å². The normalized spacial score (nSPS) is 13.0. The molecule has 0 heterocycles. The number of aliphatic hydroxyl groups excluding tert-OH is 1. The van der Waals surface area contributed by atoms with Crippen LogP contribution in [0.25, 0.3) is 0 Å². The molecule has 124 valence electrons. The van der Waals surface area contributed by atoms with Gasteiger partial charge in [-0.25, -0.2) is 0 Å². The van der Waals surface area contributed by atoms with Crippen LogP contribution in [0.15, 0.2) is 4.99 Å². The number of aliphatic hydroxyl groups is 1. The summed E-state index contributed by atoms with van der Waals surface area (Å²) in [7, 11) is 0. The summed E-state index contributed by atoms with van der Waals surface area (Å²) in [6, 6.07) is 0. The van der Waals surface area contributed by atoms with Crippen LogP contribution in [-0.2, 0) is 4.79 Å². The zero-order valence-corrected chi connectivity index (χ0v) is 17.4. The summed E-state index contributed by atoms with van der Waals surface area (Å²) in [6.07, 6.45) is 5.28. The molecule has 0 aromatic carbocycles. The third-order valence-electron chi connectivity index (χ3n) is 3.11. The molecule has 2 N–H and O–H groups in total. The van der Waals surface area contributed by atoms with Crippen molar-refractivity contribution in [1.82, 2.24) is 4.90 Å². The minimum absolute atomic E-state index is 0. The number of hydrogen-bond acceptors (Lipinski definition) is 5. The van der Waals surface area contributed by atoms with Crippen molar-refractivity contribution >= 4 is 11.9 Å². The number of rotatable bonds is 13. The van der Waals surface area contributed by atoms with E-state index < -0.39 is 12.1 Å². The Morgan fingerprint density at radius 1 is 1.23 bits per heavy atom. The molecule has 0 saturated carbocycles. The second-order valence-corrected chi connectivity index (χ2v) is 5.43. The van der Waals surface area contributed by atoms with Gasteiger partial charge in [0.25, 0.3) is 0 Å². The number of carbonyl (C=O) groups is 1. The van der Waals surface area contributed by atoms with E-state index in [0.717, 1.165) is 19.3 Å². The molecule has 1 atom stereocenters. The van der Waals surface area contributed by atoms with Gasteiger partial charge in [-0.3, -0.25) is 14.7 Å². The first kappa shape index (κ1) is 24.7. The largest absolute Gasteiger partial charge is 1.00 e. The molecule has 0 radical (unpaired) electrons. The summed E-state index contributed by atoms with van der Waals surface area (Å²) >= 11 is 0. The first-order chi connectivity index (χ1) is 9.95. The Bertz CT molecular complexity index is 312. The summed E-state index contributed by atoms with van der Waals surface area (Å²) in [5.41, 5.74) is 0.